The Bertz CT molecular complexity index is 514. The number of nitrogens with two attached hydrogens (primary N) is 1. The van der Waals surface area contributed by atoms with Crippen LogP contribution in [-0.4, -0.2) is 9.78 Å². The van der Waals surface area contributed by atoms with Crippen molar-refractivity contribution in [1.82, 2.24) is 9.78 Å². The van der Waals surface area contributed by atoms with E-state index in [-0.39, 0.29) is 0 Å². The van der Waals surface area contributed by atoms with E-state index in [1.807, 2.05) is 0 Å². The fraction of sp³-hybridized carbons (Fsp3) is 0.250. The maximum Gasteiger partial charge on any atom is 0.416 e. The highest BCUT2D eigenvalue weighted by atomic mass is 19.4. The molecule has 1 heterocycles. The van der Waals surface area contributed by atoms with Gasteiger partial charge in [-0.1, -0.05) is 12.1 Å². The van der Waals surface area contributed by atoms with Gasteiger partial charge in [-0.05, 0) is 23.8 Å². The molecule has 0 aliphatic rings. The maximum absolute atomic E-state index is 12.4. The van der Waals surface area contributed by atoms with E-state index in [9.17, 15) is 13.2 Å². The van der Waals surface area contributed by atoms with Crippen LogP contribution in [0.1, 0.15) is 16.8 Å². The Balaban J connectivity index is 2.11. The Morgan fingerprint density at radius 2 is 1.78 bits per heavy atom. The second kappa shape index (κ2) is 4.81. The largest absolute Gasteiger partial charge is 0.416 e. The van der Waals surface area contributed by atoms with Gasteiger partial charge in [-0.3, -0.25) is 4.68 Å². The lowest BCUT2D eigenvalue weighted by molar-refractivity contribution is -0.137. The summed E-state index contributed by atoms with van der Waals surface area (Å²) in [5, 5.41) is 4.16. The number of hydrogen-bond acceptors (Lipinski definition) is 2. The third-order valence-corrected chi connectivity index (χ3v) is 2.53. The van der Waals surface area contributed by atoms with Crippen LogP contribution in [0.2, 0.25) is 0 Å². The van der Waals surface area contributed by atoms with Crippen molar-refractivity contribution >= 4 is 0 Å². The summed E-state index contributed by atoms with van der Waals surface area (Å²) < 4.78 is 38.7. The lowest BCUT2D eigenvalue weighted by Gasteiger charge is -2.07. The third kappa shape index (κ3) is 2.89. The zero-order valence-corrected chi connectivity index (χ0v) is 9.48. The quantitative estimate of drug-likeness (QED) is 0.915. The minimum absolute atomic E-state index is 0.347. The van der Waals surface area contributed by atoms with E-state index in [1.54, 1.807) is 16.9 Å². The Morgan fingerprint density at radius 1 is 1.11 bits per heavy atom. The van der Waals surface area contributed by atoms with Gasteiger partial charge in [0.1, 0.15) is 0 Å². The van der Waals surface area contributed by atoms with Crippen LogP contribution in [0.25, 0.3) is 0 Å². The van der Waals surface area contributed by atoms with Crippen molar-refractivity contribution in [2.75, 3.05) is 0 Å². The topological polar surface area (TPSA) is 43.8 Å². The molecular weight excluding hydrogens is 243 g/mol. The van der Waals surface area contributed by atoms with Crippen molar-refractivity contribution in [2.45, 2.75) is 19.3 Å². The van der Waals surface area contributed by atoms with Gasteiger partial charge in [0.15, 0.2) is 0 Å². The molecule has 0 saturated carbocycles. The molecule has 18 heavy (non-hydrogen) atoms. The van der Waals surface area contributed by atoms with Gasteiger partial charge >= 0.3 is 6.18 Å². The van der Waals surface area contributed by atoms with Crippen molar-refractivity contribution in [3.63, 3.8) is 0 Å². The van der Waals surface area contributed by atoms with Crippen molar-refractivity contribution in [3.05, 3.63) is 53.3 Å². The molecule has 0 saturated heterocycles. The van der Waals surface area contributed by atoms with Gasteiger partial charge in [0.2, 0.25) is 0 Å². The molecule has 3 nitrogen and oxygen atoms in total. The fourth-order valence-electron chi connectivity index (χ4n) is 1.59. The second-order valence-electron chi connectivity index (χ2n) is 3.90. The Hall–Kier alpha value is -1.82. The molecule has 2 aromatic rings. The van der Waals surface area contributed by atoms with Crippen LogP contribution >= 0.6 is 0 Å². The second-order valence-corrected chi connectivity index (χ2v) is 3.90. The lowest BCUT2D eigenvalue weighted by atomic mass is 10.1. The average Bonchev–Trinajstić information content (AvgIpc) is 2.76. The van der Waals surface area contributed by atoms with E-state index in [1.165, 1.54) is 12.1 Å². The number of hydrogen-bond donors (Lipinski definition) is 1. The van der Waals surface area contributed by atoms with Crippen LogP contribution in [0.15, 0.2) is 36.5 Å². The maximum atomic E-state index is 12.4. The molecule has 96 valence electrons. The van der Waals surface area contributed by atoms with Crippen LogP contribution in [0, 0.1) is 0 Å². The van der Waals surface area contributed by atoms with Gasteiger partial charge in [0, 0.05) is 12.7 Å². The SMILES string of the molecule is NCc1ccn(Cc2ccc(C(F)(F)F)cc2)n1. The van der Waals surface area contributed by atoms with E-state index >= 15 is 0 Å². The molecule has 0 bridgehead atoms. The van der Waals surface area contributed by atoms with Crippen LogP contribution in [0.5, 0.6) is 0 Å². The first kappa shape index (κ1) is 12.6. The Kier molecular flexibility index (Phi) is 3.38. The molecule has 2 rings (SSSR count). The van der Waals surface area contributed by atoms with Crippen molar-refractivity contribution in [2.24, 2.45) is 5.73 Å². The van der Waals surface area contributed by atoms with Crippen molar-refractivity contribution < 1.29 is 13.2 Å². The summed E-state index contributed by atoms with van der Waals surface area (Å²) in [6, 6.07) is 6.83. The minimum Gasteiger partial charge on any atom is -0.325 e. The van der Waals surface area contributed by atoms with Crippen molar-refractivity contribution in [1.29, 1.82) is 0 Å². The fourth-order valence-corrected chi connectivity index (χ4v) is 1.59. The zero-order chi connectivity index (χ0) is 13.2. The number of rotatable bonds is 3. The number of aromatic nitrogens is 2. The first-order chi connectivity index (χ1) is 8.49. The first-order valence-electron chi connectivity index (χ1n) is 5.37. The monoisotopic (exact) mass is 255 g/mol. The van der Waals surface area contributed by atoms with E-state index in [0.29, 0.717) is 13.1 Å². The molecule has 2 N–H and O–H groups in total. The molecule has 6 heteroatoms. The predicted octanol–water partition coefficient (Wildman–Crippen LogP) is 2.41. The highest BCUT2D eigenvalue weighted by Crippen LogP contribution is 2.29. The summed E-state index contributed by atoms with van der Waals surface area (Å²) in [5.74, 6) is 0. The predicted molar refractivity (Wildman–Crippen MR) is 60.7 cm³/mol. The summed E-state index contributed by atoms with van der Waals surface area (Å²) in [7, 11) is 0. The molecule has 0 aliphatic carbocycles. The zero-order valence-electron chi connectivity index (χ0n) is 9.48. The molecular formula is C12H12F3N3. The summed E-state index contributed by atoms with van der Waals surface area (Å²) in [5.41, 5.74) is 6.29. The van der Waals surface area contributed by atoms with E-state index in [2.05, 4.69) is 5.10 Å². The molecule has 0 aliphatic heterocycles. The van der Waals surface area contributed by atoms with E-state index in [0.717, 1.165) is 23.4 Å². The molecule has 0 fully saturated rings. The number of halogens is 3. The molecule has 0 spiro atoms. The smallest absolute Gasteiger partial charge is 0.325 e. The van der Waals surface area contributed by atoms with Gasteiger partial charge in [-0.25, -0.2) is 0 Å². The van der Waals surface area contributed by atoms with Gasteiger partial charge in [-0.15, -0.1) is 0 Å². The minimum atomic E-state index is -4.29. The first-order valence-corrected chi connectivity index (χ1v) is 5.37. The number of benzene rings is 1. The molecule has 0 amide bonds. The summed E-state index contributed by atoms with van der Waals surface area (Å²) in [4.78, 5) is 0. The normalized spacial score (nSPS) is 11.8. The lowest BCUT2D eigenvalue weighted by Crippen LogP contribution is -2.06. The molecule has 0 unspecified atom stereocenters. The van der Waals surface area contributed by atoms with Gasteiger partial charge in [-0.2, -0.15) is 18.3 Å². The van der Waals surface area contributed by atoms with Gasteiger partial charge in [0.05, 0.1) is 17.8 Å². The third-order valence-electron chi connectivity index (χ3n) is 2.53. The van der Waals surface area contributed by atoms with E-state index in [4.69, 9.17) is 5.73 Å². The summed E-state index contributed by atoms with van der Waals surface area (Å²) in [6.07, 6.45) is -2.54. The van der Waals surface area contributed by atoms with Crippen LogP contribution in [0.4, 0.5) is 13.2 Å². The van der Waals surface area contributed by atoms with Crippen LogP contribution < -0.4 is 5.73 Å². The van der Waals surface area contributed by atoms with E-state index < -0.39 is 11.7 Å². The highest BCUT2D eigenvalue weighted by Gasteiger charge is 2.29. The Labute approximate surface area is 102 Å². The molecule has 0 radical (unpaired) electrons. The average molecular weight is 255 g/mol. The van der Waals surface area contributed by atoms with Crippen molar-refractivity contribution in [3.8, 4) is 0 Å². The van der Waals surface area contributed by atoms with Crippen LogP contribution in [-0.2, 0) is 19.3 Å². The molecule has 1 aromatic carbocycles. The van der Waals surface area contributed by atoms with Gasteiger partial charge in [0.25, 0.3) is 0 Å². The van der Waals surface area contributed by atoms with Crippen LogP contribution in [0.3, 0.4) is 0 Å². The summed E-state index contributed by atoms with van der Waals surface area (Å²) in [6.45, 7) is 0.776. The number of alkyl halides is 3. The summed E-state index contributed by atoms with van der Waals surface area (Å²) >= 11 is 0. The molecule has 0 atom stereocenters. The Morgan fingerprint density at radius 3 is 2.28 bits per heavy atom. The standard InChI is InChI=1S/C12H12F3N3/c13-12(14,15)10-3-1-9(2-4-10)8-18-6-5-11(7-16)17-18/h1-6H,7-8,16H2. The molecule has 1 aromatic heterocycles. The highest BCUT2D eigenvalue weighted by molar-refractivity contribution is 5.24. The van der Waals surface area contributed by atoms with Gasteiger partial charge < -0.3 is 5.73 Å². The number of nitrogens with zero attached hydrogens (tertiary/aromatic N) is 2.